The van der Waals surface area contributed by atoms with E-state index in [2.05, 4.69) is 0 Å². The third-order valence-electron chi connectivity index (χ3n) is 3.46. The van der Waals surface area contributed by atoms with Crippen molar-refractivity contribution in [3.63, 3.8) is 0 Å². The summed E-state index contributed by atoms with van der Waals surface area (Å²) in [7, 11) is -2.33. The zero-order valence-electron chi connectivity index (χ0n) is 12.0. The molecule has 0 amide bonds. The highest BCUT2D eigenvalue weighted by molar-refractivity contribution is 8.03. The second kappa shape index (κ2) is 7.84. The molecule has 6 heteroatoms. The highest BCUT2D eigenvalue weighted by Crippen LogP contribution is 2.32. The van der Waals surface area contributed by atoms with Gasteiger partial charge < -0.3 is 4.74 Å². The van der Waals surface area contributed by atoms with Gasteiger partial charge in [-0.15, -0.1) is 0 Å². The predicted molar refractivity (Wildman–Crippen MR) is 84.9 cm³/mol. The molecular formula is C15H20O4S2. The van der Waals surface area contributed by atoms with Crippen LogP contribution in [0, 0.1) is 0 Å². The molecule has 0 radical (unpaired) electrons. The fourth-order valence-electron chi connectivity index (χ4n) is 2.53. The van der Waals surface area contributed by atoms with Gasteiger partial charge in [-0.3, -0.25) is 13.2 Å². The third-order valence-corrected chi connectivity index (χ3v) is 7.82. The molecule has 2 rings (SSSR count). The number of ether oxygens (including phenoxy) is 1. The maximum atomic E-state index is 12.3. The van der Waals surface area contributed by atoms with Gasteiger partial charge in [0.15, 0.2) is 0 Å². The number of carbonyl (C=O) groups is 1. The molecule has 0 saturated carbocycles. The van der Waals surface area contributed by atoms with Gasteiger partial charge in [-0.25, -0.2) is 0 Å². The molecule has 0 aromatic heterocycles. The van der Waals surface area contributed by atoms with Gasteiger partial charge >= 0.3 is 5.97 Å². The molecule has 4 nitrogen and oxygen atoms in total. The van der Waals surface area contributed by atoms with E-state index >= 15 is 0 Å². The van der Waals surface area contributed by atoms with Gasteiger partial charge in [0.1, 0.15) is 4.58 Å². The van der Waals surface area contributed by atoms with Crippen molar-refractivity contribution in [1.29, 1.82) is 0 Å². The van der Waals surface area contributed by atoms with E-state index < -0.39 is 26.2 Å². The van der Waals surface area contributed by atoms with Crippen molar-refractivity contribution in [2.24, 2.45) is 0 Å². The van der Waals surface area contributed by atoms with Crippen LogP contribution in [0.4, 0.5) is 0 Å². The van der Waals surface area contributed by atoms with Crippen molar-refractivity contribution < 1.29 is 17.9 Å². The van der Waals surface area contributed by atoms with Crippen LogP contribution in [0.5, 0.6) is 0 Å². The number of hydrogen-bond donors (Lipinski definition) is 0. The van der Waals surface area contributed by atoms with Crippen molar-refractivity contribution in [2.75, 3.05) is 18.1 Å². The Morgan fingerprint density at radius 1 is 1.24 bits per heavy atom. The zero-order chi connectivity index (χ0) is 15.2. The fraction of sp³-hybridized carbons (Fsp3) is 0.533. The first kappa shape index (κ1) is 16.4. The van der Waals surface area contributed by atoms with E-state index in [0.717, 1.165) is 12.0 Å². The molecule has 0 N–H and O–H groups in total. The third kappa shape index (κ3) is 4.23. The summed E-state index contributed by atoms with van der Waals surface area (Å²) >= 11 is 0. The first-order chi connectivity index (χ1) is 10.1. The van der Waals surface area contributed by atoms with Gasteiger partial charge in [0.25, 0.3) is 0 Å². The minimum absolute atomic E-state index is 0.125. The largest absolute Gasteiger partial charge is 0.466 e. The van der Waals surface area contributed by atoms with Crippen LogP contribution in [0.1, 0.15) is 31.2 Å². The van der Waals surface area contributed by atoms with Gasteiger partial charge in [-0.1, -0.05) is 30.3 Å². The molecule has 1 heterocycles. The number of benzene rings is 1. The van der Waals surface area contributed by atoms with E-state index in [1.54, 1.807) is 6.92 Å². The van der Waals surface area contributed by atoms with E-state index in [1.807, 2.05) is 30.3 Å². The maximum absolute atomic E-state index is 12.3. The van der Waals surface area contributed by atoms with Crippen molar-refractivity contribution in [2.45, 2.75) is 30.3 Å². The van der Waals surface area contributed by atoms with E-state index in [1.165, 1.54) is 0 Å². The minimum atomic E-state index is -1.17. The van der Waals surface area contributed by atoms with E-state index in [0.29, 0.717) is 18.1 Å². The lowest BCUT2D eigenvalue weighted by molar-refractivity contribution is -0.143. The average molecular weight is 328 g/mol. The van der Waals surface area contributed by atoms with Crippen LogP contribution in [0.25, 0.3) is 0 Å². The van der Waals surface area contributed by atoms with Crippen LogP contribution in [0.3, 0.4) is 0 Å². The van der Waals surface area contributed by atoms with Crippen LogP contribution in [-0.2, 0) is 31.1 Å². The molecule has 1 aliphatic heterocycles. The van der Waals surface area contributed by atoms with Gasteiger partial charge in [-0.2, -0.15) is 0 Å². The topological polar surface area (TPSA) is 60.4 Å². The second-order valence-electron chi connectivity index (χ2n) is 4.92. The Labute approximate surface area is 130 Å². The SMILES string of the molecule is CCOC(=O)CC(c1ccccc1)C1S(=O)CCCS1=O. The lowest BCUT2D eigenvalue weighted by atomic mass is 9.97. The summed E-state index contributed by atoms with van der Waals surface area (Å²) in [5.41, 5.74) is 0.902. The summed E-state index contributed by atoms with van der Waals surface area (Å²) in [5, 5.41) is 0. The standard InChI is InChI=1S/C15H20O4S2/c1-2-19-14(16)11-13(12-7-4-3-5-8-12)15-20(17)9-6-10-21(15)18/h3-5,7-8,13,15H,2,6,9-11H2,1H3. The molecule has 0 spiro atoms. The number of carbonyl (C=O) groups excluding carboxylic acids is 1. The summed E-state index contributed by atoms with van der Waals surface area (Å²) in [6.07, 6.45) is 0.844. The smallest absolute Gasteiger partial charge is 0.306 e. The van der Waals surface area contributed by atoms with Crippen molar-refractivity contribution in [3.8, 4) is 0 Å². The molecule has 0 aliphatic carbocycles. The molecule has 3 unspecified atom stereocenters. The van der Waals surface area contributed by atoms with Gasteiger partial charge in [-0.05, 0) is 18.9 Å². The quantitative estimate of drug-likeness (QED) is 0.775. The van der Waals surface area contributed by atoms with Crippen molar-refractivity contribution in [3.05, 3.63) is 35.9 Å². The Kier molecular flexibility index (Phi) is 6.11. The maximum Gasteiger partial charge on any atom is 0.306 e. The van der Waals surface area contributed by atoms with E-state index in [4.69, 9.17) is 4.74 Å². The summed E-state index contributed by atoms with van der Waals surface area (Å²) in [6.45, 7) is 2.07. The average Bonchev–Trinajstić information content (AvgIpc) is 2.47. The molecule has 1 aromatic rings. The molecular weight excluding hydrogens is 308 g/mol. The molecule has 1 aromatic carbocycles. The normalized spacial score (nSPS) is 27.0. The summed E-state index contributed by atoms with van der Waals surface area (Å²) in [5.74, 6) is 0.476. The Hall–Kier alpha value is -1.01. The predicted octanol–water partition coefficient (Wildman–Crippen LogP) is 1.95. The van der Waals surface area contributed by atoms with Crippen LogP contribution >= 0.6 is 0 Å². The summed E-state index contributed by atoms with van der Waals surface area (Å²) in [4.78, 5) is 11.9. The van der Waals surface area contributed by atoms with Crippen LogP contribution in [0.15, 0.2) is 30.3 Å². The van der Waals surface area contributed by atoms with E-state index in [9.17, 15) is 13.2 Å². The van der Waals surface area contributed by atoms with Crippen molar-refractivity contribution >= 4 is 27.6 Å². The fourth-order valence-corrected chi connectivity index (χ4v) is 6.81. The van der Waals surface area contributed by atoms with Crippen LogP contribution < -0.4 is 0 Å². The minimum Gasteiger partial charge on any atom is -0.466 e. The van der Waals surface area contributed by atoms with Crippen LogP contribution in [0.2, 0.25) is 0 Å². The number of hydrogen-bond acceptors (Lipinski definition) is 4. The lowest BCUT2D eigenvalue weighted by Gasteiger charge is -2.28. The lowest BCUT2D eigenvalue weighted by Crippen LogP contribution is -2.37. The zero-order valence-corrected chi connectivity index (χ0v) is 13.7. The molecule has 116 valence electrons. The molecule has 0 bridgehead atoms. The number of rotatable bonds is 5. The highest BCUT2D eigenvalue weighted by Gasteiger charge is 2.37. The second-order valence-corrected chi connectivity index (χ2v) is 8.57. The van der Waals surface area contributed by atoms with Crippen molar-refractivity contribution in [1.82, 2.24) is 0 Å². The molecule has 1 fully saturated rings. The van der Waals surface area contributed by atoms with Gasteiger partial charge in [0.05, 0.1) is 13.0 Å². The first-order valence-electron chi connectivity index (χ1n) is 7.08. The van der Waals surface area contributed by atoms with Gasteiger partial charge in [0.2, 0.25) is 0 Å². The Bertz CT molecular complexity index is 514. The summed E-state index contributed by atoms with van der Waals surface area (Å²) in [6, 6.07) is 9.43. The molecule has 1 aliphatic rings. The van der Waals surface area contributed by atoms with E-state index in [-0.39, 0.29) is 18.3 Å². The first-order valence-corrected chi connectivity index (χ1v) is 9.84. The summed E-state index contributed by atoms with van der Waals surface area (Å²) < 4.78 is 29.2. The Morgan fingerprint density at radius 2 is 1.86 bits per heavy atom. The molecule has 1 saturated heterocycles. The molecule has 21 heavy (non-hydrogen) atoms. The number of esters is 1. The monoisotopic (exact) mass is 328 g/mol. The van der Waals surface area contributed by atoms with Crippen LogP contribution in [-0.4, -0.2) is 37.1 Å². The Balaban J connectivity index is 2.28. The highest BCUT2D eigenvalue weighted by atomic mass is 32.2. The molecule has 3 atom stereocenters. The van der Waals surface area contributed by atoms with Gasteiger partial charge in [0, 0.05) is 39.0 Å². The Morgan fingerprint density at radius 3 is 2.43 bits per heavy atom.